The van der Waals surface area contributed by atoms with Crippen molar-refractivity contribution in [1.29, 1.82) is 0 Å². The number of hydrogen-bond donors (Lipinski definition) is 6. The second-order valence-corrected chi connectivity index (χ2v) is 17.1. The van der Waals surface area contributed by atoms with Crippen molar-refractivity contribution < 1.29 is 44.8 Å². The minimum absolute atomic E-state index is 0.0128. The average molecular weight is 651 g/mol. The molecule has 14 atom stereocenters. The van der Waals surface area contributed by atoms with Crippen molar-refractivity contribution in [3.8, 4) is 0 Å². The van der Waals surface area contributed by atoms with Gasteiger partial charge in [0.1, 0.15) is 24.4 Å². The van der Waals surface area contributed by atoms with Gasteiger partial charge < -0.3 is 44.8 Å². The van der Waals surface area contributed by atoms with Crippen LogP contribution in [0.3, 0.4) is 0 Å². The lowest BCUT2D eigenvalue weighted by molar-refractivity contribution is -0.324. The number of rotatable bonds is 9. The summed E-state index contributed by atoms with van der Waals surface area (Å²) in [6, 6.07) is 0. The first kappa shape index (κ1) is 36.4. The van der Waals surface area contributed by atoms with Gasteiger partial charge in [-0.3, -0.25) is 0 Å². The van der Waals surface area contributed by atoms with Crippen LogP contribution in [0.25, 0.3) is 0 Å². The Morgan fingerprint density at radius 2 is 1.65 bits per heavy atom. The summed E-state index contributed by atoms with van der Waals surface area (Å²) < 4.78 is 18.3. The van der Waals surface area contributed by atoms with Crippen molar-refractivity contribution >= 4 is 0 Å². The highest BCUT2D eigenvalue weighted by Gasteiger charge is 2.71. The summed E-state index contributed by atoms with van der Waals surface area (Å²) in [5.41, 5.74) is -0.566. The van der Waals surface area contributed by atoms with Gasteiger partial charge in [0.05, 0.1) is 24.4 Å². The lowest BCUT2D eigenvalue weighted by Gasteiger charge is -2.67. The van der Waals surface area contributed by atoms with Gasteiger partial charge in [-0.05, 0) is 87.4 Å². The first-order chi connectivity index (χ1) is 21.4. The average Bonchev–Trinajstić information content (AvgIpc) is 3.29. The first-order valence-electron chi connectivity index (χ1n) is 17.6. The summed E-state index contributed by atoms with van der Waals surface area (Å²) in [6.45, 7) is 14.9. The van der Waals surface area contributed by atoms with Crippen LogP contribution < -0.4 is 0 Å². The summed E-state index contributed by atoms with van der Waals surface area (Å²) in [4.78, 5) is 0. The van der Waals surface area contributed by atoms with Gasteiger partial charge in [0.2, 0.25) is 0 Å². The van der Waals surface area contributed by atoms with Gasteiger partial charge in [-0.25, -0.2) is 0 Å². The van der Waals surface area contributed by atoms with E-state index in [1.54, 1.807) is 7.11 Å². The molecule has 5 aliphatic rings. The smallest absolute Gasteiger partial charge is 0.187 e. The molecule has 0 spiro atoms. The summed E-state index contributed by atoms with van der Waals surface area (Å²) in [5, 5.41) is 64.8. The third-order valence-corrected chi connectivity index (χ3v) is 14.2. The number of aliphatic hydroxyl groups is 6. The molecule has 3 saturated carbocycles. The van der Waals surface area contributed by atoms with Crippen LogP contribution in [0, 0.1) is 45.3 Å². The molecule has 46 heavy (non-hydrogen) atoms. The van der Waals surface area contributed by atoms with Crippen molar-refractivity contribution in [2.24, 2.45) is 45.3 Å². The third-order valence-electron chi connectivity index (χ3n) is 14.2. The number of hydrogen-bond acceptors (Lipinski definition) is 9. The predicted octanol–water partition coefficient (Wildman–Crippen LogP) is 3.73. The largest absolute Gasteiger partial charge is 0.396 e. The van der Waals surface area contributed by atoms with Crippen molar-refractivity contribution in [3.63, 3.8) is 0 Å². The van der Waals surface area contributed by atoms with E-state index in [-0.39, 0.29) is 34.9 Å². The summed E-state index contributed by atoms with van der Waals surface area (Å²) in [5.74, 6) is 0.830. The van der Waals surface area contributed by atoms with Crippen LogP contribution in [0.15, 0.2) is 23.8 Å². The Hall–Kier alpha value is -0.880. The number of aliphatic hydroxyl groups excluding tert-OH is 6. The summed E-state index contributed by atoms with van der Waals surface area (Å²) in [7, 11) is 1.73. The second-order valence-electron chi connectivity index (χ2n) is 17.1. The van der Waals surface area contributed by atoms with E-state index in [4.69, 9.17) is 14.2 Å². The quantitative estimate of drug-likeness (QED) is 0.205. The Balaban J connectivity index is 1.56. The molecule has 4 fully saturated rings. The van der Waals surface area contributed by atoms with Gasteiger partial charge in [0, 0.05) is 30.5 Å². The minimum atomic E-state index is -1.55. The van der Waals surface area contributed by atoms with Gasteiger partial charge >= 0.3 is 0 Å². The zero-order valence-corrected chi connectivity index (χ0v) is 29.4. The molecule has 5 rings (SSSR count). The lowest BCUT2D eigenvalue weighted by atomic mass is 9.38. The van der Waals surface area contributed by atoms with E-state index < -0.39 is 60.4 Å². The Kier molecular flexibility index (Phi) is 10.1. The van der Waals surface area contributed by atoms with E-state index in [1.165, 1.54) is 0 Å². The molecule has 1 aliphatic heterocycles. The molecule has 1 saturated heterocycles. The highest BCUT2D eigenvalue weighted by Crippen LogP contribution is 2.75. The van der Waals surface area contributed by atoms with Gasteiger partial charge in [-0.2, -0.15) is 0 Å². The molecule has 0 aromatic heterocycles. The molecule has 14 unspecified atom stereocenters. The van der Waals surface area contributed by atoms with Crippen LogP contribution in [0.4, 0.5) is 0 Å². The van der Waals surface area contributed by atoms with Crippen LogP contribution in [0.1, 0.15) is 93.4 Å². The molecule has 1 heterocycles. The van der Waals surface area contributed by atoms with Crippen LogP contribution in [0.5, 0.6) is 0 Å². The number of ether oxygens (including phenoxy) is 3. The maximum Gasteiger partial charge on any atom is 0.187 e. The number of methoxy groups -OCH3 is 1. The zero-order valence-electron chi connectivity index (χ0n) is 29.4. The standard InChI is InChI=1S/C37H62O9/c1-21(10-9-14-33(2,3)44-8)22-13-15-36(7)31-25(45-32-30(43)29(42)28(41)26(19-38)46-32)18-24-23(11-12-27(40)34(24,4)5)37(31,20-39)17-16-35(22,36)6/h9,14,18,21-23,25-32,38-43H,10-13,15-17,19-20H2,1-8H3. The van der Waals surface area contributed by atoms with Crippen LogP contribution in [-0.2, 0) is 14.2 Å². The molecule has 9 nitrogen and oxygen atoms in total. The lowest BCUT2D eigenvalue weighted by Crippen LogP contribution is -2.66. The highest BCUT2D eigenvalue weighted by atomic mass is 16.7. The van der Waals surface area contributed by atoms with Crippen LogP contribution >= 0.6 is 0 Å². The van der Waals surface area contributed by atoms with Crippen molar-refractivity contribution in [2.45, 2.75) is 142 Å². The second kappa shape index (κ2) is 12.8. The van der Waals surface area contributed by atoms with E-state index in [1.807, 2.05) is 0 Å². The SMILES string of the molecule is COC(C)(C)C=CCC(C)C1CCC2(C)C3C(OC4OC(CO)C(O)C(O)C4O)C=C4C(CCC(O)C4(C)C)C3(CO)CCC12C. The number of allylic oxidation sites excluding steroid dienone is 1. The fourth-order valence-corrected chi connectivity index (χ4v) is 11.0. The van der Waals surface area contributed by atoms with Crippen molar-refractivity contribution in [3.05, 3.63) is 23.8 Å². The molecule has 0 aromatic rings. The van der Waals surface area contributed by atoms with Crippen molar-refractivity contribution in [1.82, 2.24) is 0 Å². The van der Waals surface area contributed by atoms with E-state index in [9.17, 15) is 30.6 Å². The fourth-order valence-electron chi connectivity index (χ4n) is 11.0. The zero-order chi connectivity index (χ0) is 34.0. The Morgan fingerprint density at radius 3 is 2.28 bits per heavy atom. The normalized spacial score (nSPS) is 48.0. The molecule has 4 aliphatic carbocycles. The minimum Gasteiger partial charge on any atom is -0.396 e. The molecule has 264 valence electrons. The molecule has 6 N–H and O–H groups in total. The van der Waals surface area contributed by atoms with E-state index in [2.05, 4.69) is 66.7 Å². The summed E-state index contributed by atoms with van der Waals surface area (Å²) >= 11 is 0. The van der Waals surface area contributed by atoms with Crippen LogP contribution in [-0.4, -0.2) is 99.5 Å². The molecule has 0 bridgehead atoms. The van der Waals surface area contributed by atoms with Gasteiger partial charge in [-0.15, -0.1) is 0 Å². The van der Waals surface area contributed by atoms with Crippen LogP contribution in [0.2, 0.25) is 0 Å². The predicted molar refractivity (Wildman–Crippen MR) is 174 cm³/mol. The highest BCUT2D eigenvalue weighted by molar-refractivity contribution is 5.33. The van der Waals surface area contributed by atoms with Gasteiger partial charge in [0.25, 0.3) is 0 Å². The maximum atomic E-state index is 11.5. The Labute approximate surface area is 276 Å². The molecular weight excluding hydrogens is 588 g/mol. The van der Waals surface area contributed by atoms with Gasteiger partial charge in [-0.1, -0.05) is 58.4 Å². The number of fused-ring (bicyclic) bond motifs is 5. The molecule has 0 amide bonds. The monoisotopic (exact) mass is 650 g/mol. The third kappa shape index (κ3) is 5.58. The molecular formula is C37H62O9. The molecule has 0 radical (unpaired) electrons. The van der Waals surface area contributed by atoms with Gasteiger partial charge in [0.15, 0.2) is 6.29 Å². The fraction of sp³-hybridized carbons (Fsp3) is 0.892. The summed E-state index contributed by atoms with van der Waals surface area (Å²) in [6.07, 6.45) is 4.71. The maximum absolute atomic E-state index is 11.5. The van der Waals surface area contributed by atoms with E-state index >= 15 is 0 Å². The van der Waals surface area contributed by atoms with Crippen molar-refractivity contribution in [2.75, 3.05) is 20.3 Å². The Bertz CT molecular complexity index is 1150. The van der Waals surface area contributed by atoms with E-state index in [0.717, 1.165) is 44.1 Å². The topological polar surface area (TPSA) is 149 Å². The first-order valence-corrected chi connectivity index (χ1v) is 17.6. The molecule has 9 heteroatoms. The Morgan fingerprint density at radius 1 is 0.957 bits per heavy atom. The van der Waals surface area contributed by atoms with E-state index in [0.29, 0.717) is 18.3 Å². The molecule has 0 aromatic carbocycles.